The number of halogens is 2. The number of hydrogen-bond donors (Lipinski definition) is 2. The van der Waals surface area contributed by atoms with Crippen molar-refractivity contribution in [2.24, 2.45) is 0 Å². The van der Waals surface area contributed by atoms with Crippen LogP contribution in [-0.2, 0) is 21.4 Å². The molecule has 0 fully saturated rings. The molecule has 8 heteroatoms. The van der Waals surface area contributed by atoms with Crippen molar-refractivity contribution in [3.8, 4) is 0 Å². The van der Waals surface area contributed by atoms with Crippen LogP contribution in [-0.4, -0.2) is 20.4 Å². The second-order valence-electron chi connectivity index (χ2n) is 6.14. The summed E-state index contributed by atoms with van der Waals surface area (Å²) >= 11 is 12.0. The second kappa shape index (κ2) is 9.37. The quantitative estimate of drug-likeness (QED) is 0.656. The zero-order valence-corrected chi connectivity index (χ0v) is 17.2. The van der Waals surface area contributed by atoms with Crippen LogP contribution in [0.1, 0.15) is 25.0 Å². The fourth-order valence-corrected chi connectivity index (χ4v) is 3.94. The smallest absolute Gasteiger partial charge is 0.244 e. The molecule has 0 atom stereocenters. The Balaban J connectivity index is 2.02. The van der Waals surface area contributed by atoms with Crippen LogP contribution in [0.3, 0.4) is 0 Å². The van der Waals surface area contributed by atoms with Crippen LogP contribution in [0, 0.1) is 0 Å². The topological polar surface area (TPSA) is 75.3 Å². The van der Waals surface area contributed by atoms with E-state index >= 15 is 0 Å². The van der Waals surface area contributed by atoms with Gasteiger partial charge in [-0.05, 0) is 61.4 Å². The Bertz CT molecular complexity index is 957. The molecule has 0 unspecified atom stereocenters. The van der Waals surface area contributed by atoms with Gasteiger partial charge in [0, 0.05) is 28.7 Å². The normalized spacial score (nSPS) is 11.9. The number of hydrogen-bond acceptors (Lipinski definition) is 3. The number of nitrogens with one attached hydrogen (secondary N) is 2. The number of sulfonamides is 1. The minimum Gasteiger partial charge on any atom is -0.348 e. The van der Waals surface area contributed by atoms with E-state index in [1.807, 2.05) is 0 Å². The monoisotopic (exact) mass is 426 g/mol. The lowest BCUT2D eigenvalue weighted by atomic mass is 10.2. The molecule has 0 radical (unpaired) electrons. The van der Waals surface area contributed by atoms with Gasteiger partial charge >= 0.3 is 0 Å². The fourth-order valence-electron chi connectivity index (χ4n) is 2.26. The second-order valence-corrected chi connectivity index (χ2v) is 8.70. The maximum Gasteiger partial charge on any atom is 0.244 e. The summed E-state index contributed by atoms with van der Waals surface area (Å²) in [4.78, 5) is 12.2. The van der Waals surface area contributed by atoms with Gasteiger partial charge in [0.25, 0.3) is 0 Å². The van der Waals surface area contributed by atoms with Crippen molar-refractivity contribution in [2.75, 3.05) is 0 Å². The van der Waals surface area contributed by atoms with Crippen molar-refractivity contribution in [1.82, 2.24) is 10.0 Å². The van der Waals surface area contributed by atoms with Crippen molar-refractivity contribution in [2.45, 2.75) is 31.3 Å². The Morgan fingerprint density at radius 3 is 2.59 bits per heavy atom. The van der Waals surface area contributed by atoms with E-state index in [2.05, 4.69) is 10.0 Å². The van der Waals surface area contributed by atoms with E-state index in [-0.39, 0.29) is 23.4 Å². The van der Waals surface area contributed by atoms with Crippen LogP contribution in [0.25, 0.3) is 6.08 Å². The molecule has 2 aromatic carbocycles. The van der Waals surface area contributed by atoms with E-state index < -0.39 is 10.0 Å². The number of benzene rings is 2. The van der Waals surface area contributed by atoms with Crippen LogP contribution >= 0.6 is 23.2 Å². The SMILES string of the molecule is CC(C)NS(=O)(=O)c1cccc(CNC(=O)/C=C/c2cc(Cl)ccc2Cl)c1. The molecule has 2 N–H and O–H groups in total. The van der Waals surface area contributed by atoms with Gasteiger partial charge in [0.15, 0.2) is 0 Å². The van der Waals surface area contributed by atoms with Crippen molar-refractivity contribution in [1.29, 1.82) is 0 Å². The fraction of sp³-hybridized carbons (Fsp3) is 0.211. The molecule has 2 aromatic rings. The van der Waals surface area contributed by atoms with E-state index in [0.717, 1.165) is 0 Å². The van der Waals surface area contributed by atoms with Gasteiger partial charge < -0.3 is 5.32 Å². The number of amides is 1. The Morgan fingerprint density at radius 2 is 1.89 bits per heavy atom. The third kappa shape index (κ3) is 6.66. The van der Waals surface area contributed by atoms with Gasteiger partial charge in [0.05, 0.1) is 4.90 Å². The van der Waals surface area contributed by atoms with Crippen molar-refractivity contribution < 1.29 is 13.2 Å². The van der Waals surface area contributed by atoms with Crippen molar-refractivity contribution >= 4 is 45.2 Å². The molecule has 0 aliphatic heterocycles. The zero-order chi connectivity index (χ0) is 20.0. The van der Waals surface area contributed by atoms with Crippen LogP contribution in [0.4, 0.5) is 0 Å². The molecule has 0 aromatic heterocycles. The predicted octanol–water partition coefficient (Wildman–Crippen LogP) is 4.01. The molecule has 144 valence electrons. The van der Waals surface area contributed by atoms with Gasteiger partial charge in [-0.3, -0.25) is 4.79 Å². The molecule has 0 aliphatic rings. The molecule has 0 bridgehead atoms. The summed E-state index contributed by atoms with van der Waals surface area (Å²) in [7, 11) is -3.58. The average molecular weight is 427 g/mol. The van der Waals surface area contributed by atoms with Gasteiger partial charge in [0.1, 0.15) is 0 Å². The molecule has 27 heavy (non-hydrogen) atoms. The highest BCUT2D eigenvalue weighted by atomic mass is 35.5. The van der Waals surface area contributed by atoms with Crippen molar-refractivity contribution in [3.05, 3.63) is 69.7 Å². The molecule has 0 saturated heterocycles. The van der Waals surface area contributed by atoms with Gasteiger partial charge in [-0.25, -0.2) is 13.1 Å². The van der Waals surface area contributed by atoms with Crippen LogP contribution < -0.4 is 10.0 Å². The van der Waals surface area contributed by atoms with Crippen LogP contribution in [0.15, 0.2) is 53.4 Å². The molecule has 5 nitrogen and oxygen atoms in total. The highest BCUT2D eigenvalue weighted by molar-refractivity contribution is 7.89. The highest BCUT2D eigenvalue weighted by Crippen LogP contribution is 2.21. The number of rotatable bonds is 7. The highest BCUT2D eigenvalue weighted by Gasteiger charge is 2.15. The summed E-state index contributed by atoms with van der Waals surface area (Å²) in [5.74, 6) is -0.334. The maximum atomic E-state index is 12.2. The first-order valence-electron chi connectivity index (χ1n) is 8.19. The first-order valence-corrected chi connectivity index (χ1v) is 10.4. The molecule has 0 aliphatic carbocycles. The number of carbonyl (C=O) groups is 1. The third-order valence-electron chi connectivity index (χ3n) is 3.44. The third-order valence-corrected chi connectivity index (χ3v) is 5.67. The van der Waals surface area contributed by atoms with E-state index in [9.17, 15) is 13.2 Å². The van der Waals surface area contributed by atoms with E-state index in [1.54, 1.807) is 50.3 Å². The van der Waals surface area contributed by atoms with E-state index in [4.69, 9.17) is 23.2 Å². The van der Waals surface area contributed by atoms with Crippen LogP contribution in [0.2, 0.25) is 10.0 Å². The lowest BCUT2D eigenvalue weighted by Crippen LogP contribution is -2.30. The van der Waals surface area contributed by atoms with Gasteiger partial charge in [-0.1, -0.05) is 35.3 Å². The Hall–Kier alpha value is -1.86. The minimum atomic E-state index is -3.58. The van der Waals surface area contributed by atoms with Gasteiger partial charge in [-0.15, -0.1) is 0 Å². The standard InChI is InChI=1S/C19H20Cl2N2O3S/c1-13(2)23-27(25,26)17-5-3-4-14(10-17)12-22-19(24)9-6-15-11-16(20)7-8-18(15)21/h3-11,13,23H,12H2,1-2H3,(H,22,24)/b9-6+. The molecular weight excluding hydrogens is 407 g/mol. The zero-order valence-electron chi connectivity index (χ0n) is 14.9. The molecule has 0 heterocycles. The van der Waals surface area contributed by atoms with E-state index in [0.29, 0.717) is 21.2 Å². The molecular formula is C19H20Cl2N2O3S. The van der Waals surface area contributed by atoms with Crippen LogP contribution in [0.5, 0.6) is 0 Å². The summed E-state index contributed by atoms with van der Waals surface area (Å²) in [5.41, 5.74) is 1.30. The summed E-state index contributed by atoms with van der Waals surface area (Å²) in [6.07, 6.45) is 2.91. The van der Waals surface area contributed by atoms with Gasteiger partial charge in [-0.2, -0.15) is 0 Å². The Labute approximate surface area is 169 Å². The van der Waals surface area contributed by atoms with Crippen molar-refractivity contribution in [3.63, 3.8) is 0 Å². The summed E-state index contributed by atoms with van der Waals surface area (Å²) < 4.78 is 27.0. The van der Waals surface area contributed by atoms with E-state index in [1.165, 1.54) is 18.2 Å². The lowest BCUT2D eigenvalue weighted by molar-refractivity contribution is -0.116. The lowest BCUT2D eigenvalue weighted by Gasteiger charge is -2.11. The summed E-state index contributed by atoms with van der Waals surface area (Å²) in [6, 6.07) is 11.2. The maximum absolute atomic E-state index is 12.2. The molecule has 0 saturated carbocycles. The Kier molecular flexibility index (Phi) is 7.44. The molecule has 2 rings (SSSR count). The Morgan fingerprint density at radius 1 is 1.15 bits per heavy atom. The largest absolute Gasteiger partial charge is 0.348 e. The predicted molar refractivity (Wildman–Crippen MR) is 109 cm³/mol. The summed E-state index contributed by atoms with van der Waals surface area (Å²) in [6.45, 7) is 3.69. The molecule has 1 amide bonds. The average Bonchev–Trinajstić information content (AvgIpc) is 2.60. The first kappa shape index (κ1) is 21.4. The minimum absolute atomic E-state index is 0.157. The molecule has 0 spiro atoms. The summed E-state index contributed by atoms with van der Waals surface area (Å²) in [5, 5.41) is 3.71. The van der Waals surface area contributed by atoms with Gasteiger partial charge in [0.2, 0.25) is 15.9 Å². The number of carbonyl (C=O) groups excluding carboxylic acids is 1. The first-order chi connectivity index (χ1) is 12.7.